The van der Waals surface area contributed by atoms with E-state index in [0.29, 0.717) is 11.3 Å². The Morgan fingerprint density at radius 1 is 0.885 bits per heavy atom. The standard InChI is InChI=1S/C21H17N3O2/c22-14-16-5-4-6-18(13-16)24-21(25)15-23-17-9-11-20(12-10-17)26-19-7-2-1-3-8-19/h1-13,23H,15H2,(H,24,25). The summed E-state index contributed by atoms with van der Waals surface area (Å²) in [5.74, 6) is 1.30. The number of rotatable bonds is 6. The quantitative estimate of drug-likeness (QED) is 0.695. The van der Waals surface area contributed by atoms with Gasteiger partial charge in [-0.1, -0.05) is 24.3 Å². The Labute approximate surface area is 151 Å². The van der Waals surface area contributed by atoms with Crippen molar-refractivity contribution in [2.45, 2.75) is 0 Å². The minimum absolute atomic E-state index is 0.121. The van der Waals surface area contributed by atoms with Crippen molar-refractivity contribution in [3.8, 4) is 17.6 Å². The number of hydrogen-bond acceptors (Lipinski definition) is 4. The molecule has 3 aromatic carbocycles. The molecular weight excluding hydrogens is 326 g/mol. The van der Waals surface area contributed by atoms with Gasteiger partial charge in [0.05, 0.1) is 18.2 Å². The number of anilines is 2. The van der Waals surface area contributed by atoms with Gasteiger partial charge in [0.2, 0.25) is 5.91 Å². The van der Waals surface area contributed by atoms with Crippen molar-refractivity contribution in [3.05, 3.63) is 84.4 Å². The van der Waals surface area contributed by atoms with Crippen LogP contribution < -0.4 is 15.4 Å². The van der Waals surface area contributed by atoms with Crippen molar-refractivity contribution < 1.29 is 9.53 Å². The molecule has 0 radical (unpaired) electrons. The summed E-state index contributed by atoms with van der Waals surface area (Å²) in [5, 5.41) is 14.7. The summed E-state index contributed by atoms with van der Waals surface area (Å²) in [6.07, 6.45) is 0. The fourth-order valence-corrected chi connectivity index (χ4v) is 2.32. The van der Waals surface area contributed by atoms with Gasteiger partial charge in [-0.15, -0.1) is 0 Å². The van der Waals surface area contributed by atoms with E-state index in [1.54, 1.807) is 24.3 Å². The highest BCUT2D eigenvalue weighted by molar-refractivity contribution is 5.93. The lowest BCUT2D eigenvalue weighted by Crippen LogP contribution is -2.21. The zero-order chi connectivity index (χ0) is 18.2. The fraction of sp³-hybridized carbons (Fsp3) is 0.0476. The third-order valence-electron chi connectivity index (χ3n) is 3.56. The van der Waals surface area contributed by atoms with Crippen molar-refractivity contribution in [3.63, 3.8) is 0 Å². The van der Waals surface area contributed by atoms with Gasteiger partial charge in [-0.3, -0.25) is 4.79 Å². The van der Waals surface area contributed by atoms with Crippen LogP contribution in [0.1, 0.15) is 5.56 Å². The lowest BCUT2D eigenvalue weighted by atomic mass is 10.2. The van der Waals surface area contributed by atoms with Crippen LogP contribution in [-0.4, -0.2) is 12.5 Å². The second-order valence-corrected chi connectivity index (χ2v) is 5.53. The summed E-state index contributed by atoms with van der Waals surface area (Å²) >= 11 is 0. The summed E-state index contributed by atoms with van der Waals surface area (Å²) in [7, 11) is 0. The number of nitrogens with one attached hydrogen (secondary N) is 2. The molecule has 0 saturated heterocycles. The van der Waals surface area contributed by atoms with E-state index in [1.165, 1.54) is 0 Å². The molecule has 0 unspecified atom stereocenters. The van der Waals surface area contributed by atoms with Crippen molar-refractivity contribution in [2.24, 2.45) is 0 Å². The summed E-state index contributed by atoms with van der Waals surface area (Å²) in [6, 6.07) is 25.7. The largest absolute Gasteiger partial charge is 0.457 e. The normalized spacial score (nSPS) is 9.81. The van der Waals surface area contributed by atoms with Crippen molar-refractivity contribution >= 4 is 17.3 Å². The number of amides is 1. The first-order chi connectivity index (χ1) is 12.7. The van der Waals surface area contributed by atoms with E-state index in [1.807, 2.05) is 60.7 Å². The molecule has 0 heterocycles. The van der Waals surface area contributed by atoms with Gasteiger partial charge in [-0.05, 0) is 54.6 Å². The highest BCUT2D eigenvalue weighted by atomic mass is 16.5. The number of nitrogens with zero attached hydrogens (tertiary/aromatic N) is 1. The van der Waals surface area contributed by atoms with Crippen LogP contribution in [0, 0.1) is 11.3 Å². The minimum Gasteiger partial charge on any atom is -0.457 e. The van der Waals surface area contributed by atoms with Crippen LogP contribution in [-0.2, 0) is 4.79 Å². The molecular formula is C21H17N3O2. The SMILES string of the molecule is N#Cc1cccc(NC(=O)CNc2ccc(Oc3ccccc3)cc2)c1. The second kappa shape index (κ2) is 8.36. The van der Waals surface area contributed by atoms with Gasteiger partial charge in [-0.2, -0.15) is 5.26 Å². The smallest absolute Gasteiger partial charge is 0.243 e. The Balaban J connectivity index is 1.51. The summed E-state index contributed by atoms with van der Waals surface area (Å²) < 4.78 is 5.73. The molecule has 3 aromatic rings. The van der Waals surface area contributed by atoms with Crippen LogP contribution >= 0.6 is 0 Å². The van der Waals surface area contributed by atoms with Crippen molar-refractivity contribution in [1.82, 2.24) is 0 Å². The van der Waals surface area contributed by atoms with Crippen LogP contribution in [0.2, 0.25) is 0 Å². The first kappa shape index (κ1) is 17.1. The Hall–Kier alpha value is -3.78. The van der Waals surface area contributed by atoms with E-state index < -0.39 is 0 Å². The van der Waals surface area contributed by atoms with E-state index >= 15 is 0 Å². The minimum atomic E-state index is -0.190. The molecule has 0 aliphatic rings. The van der Waals surface area contributed by atoms with Gasteiger partial charge in [0.1, 0.15) is 11.5 Å². The molecule has 3 rings (SSSR count). The van der Waals surface area contributed by atoms with Crippen LogP contribution in [0.25, 0.3) is 0 Å². The molecule has 0 aliphatic heterocycles. The van der Waals surface area contributed by atoms with E-state index in [-0.39, 0.29) is 12.5 Å². The van der Waals surface area contributed by atoms with Crippen LogP contribution in [0.4, 0.5) is 11.4 Å². The molecule has 0 spiro atoms. The molecule has 5 heteroatoms. The zero-order valence-corrected chi connectivity index (χ0v) is 14.0. The molecule has 2 N–H and O–H groups in total. The van der Waals surface area contributed by atoms with Crippen molar-refractivity contribution in [2.75, 3.05) is 17.2 Å². The number of carbonyl (C=O) groups is 1. The maximum atomic E-state index is 12.0. The highest BCUT2D eigenvalue weighted by Crippen LogP contribution is 2.22. The number of nitriles is 1. The monoisotopic (exact) mass is 343 g/mol. The molecule has 0 atom stereocenters. The molecule has 26 heavy (non-hydrogen) atoms. The van der Waals surface area contributed by atoms with Crippen LogP contribution in [0.15, 0.2) is 78.9 Å². The van der Waals surface area contributed by atoms with Gasteiger partial charge >= 0.3 is 0 Å². The van der Waals surface area contributed by atoms with Gasteiger partial charge in [0.25, 0.3) is 0 Å². The molecule has 0 aliphatic carbocycles. The van der Waals surface area contributed by atoms with Gasteiger partial charge in [-0.25, -0.2) is 0 Å². The third-order valence-corrected chi connectivity index (χ3v) is 3.56. The molecule has 1 amide bonds. The third kappa shape index (κ3) is 4.86. The first-order valence-corrected chi connectivity index (χ1v) is 8.10. The van der Waals surface area contributed by atoms with Crippen LogP contribution in [0.3, 0.4) is 0 Å². The number of hydrogen-bond donors (Lipinski definition) is 2. The van der Waals surface area contributed by atoms with E-state index in [2.05, 4.69) is 10.6 Å². The second-order valence-electron chi connectivity index (χ2n) is 5.53. The molecule has 0 saturated carbocycles. The lowest BCUT2D eigenvalue weighted by Gasteiger charge is -2.09. The Kier molecular flexibility index (Phi) is 5.48. The number of para-hydroxylation sites is 1. The zero-order valence-electron chi connectivity index (χ0n) is 14.0. The van der Waals surface area contributed by atoms with E-state index in [9.17, 15) is 4.79 Å². The molecule has 0 aromatic heterocycles. The lowest BCUT2D eigenvalue weighted by molar-refractivity contribution is -0.114. The fourth-order valence-electron chi connectivity index (χ4n) is 2.32. The molecule has 128 valence electrons. The van der Waals surface area contributed by atoms with Gasteiger partial charge in [0.15, 0.2) is 0 Å². The predicted molar refractivity (Wildman–Crippen MR) is 101 cm³/mol. The topological polar surface area (TPSA) is 74.2 Å². The number of carbonyl (C=O) groups excluding carboxylic acids is 1. The van der Waals surface area contributed by atoms with E-state index in [4.69, 9.17) is 10.00 Å². The summed E-state index contributed by atoms with van der Waals surface area (Å²) in [4.78, 5) is 12.0. The molecule has 0 fully saturated rings. The average Bonchev–Trinajstić information content (AvgIpc) is 2.68. The van der Waals surface area contributed by atoms with Gasteiger partial charge < -0.3 is 15.4 Å². The number of ether oxygens (including phenoxy) is 1. The molecule has 0 bridgehead atoms. The summed E-state index contributed by atoms with van der Waals surface area (Å²) in [5.41, 5.74) is 1.92. The highest BCUT2D eigenvalue weighted by Gasteiger charge is 2.04. The summed E-state index contributed by atoms with van der Waals surface area (Å²) in [6.45, 7) is 0.121. The maximum absolute atomic E-state index is 12.0. The van der Waals surface area contributed by atoms with E-state index in [0.717, 1.165) is 17.2 Å². The maximum Gasteiger partial charge on any atom is 0.243 e. The van der Waals surface area contributed by atoms with Crippen LogP contribution in [0.5, 0.6) is 11.5 Å². The Morgan fingerprint density at radius 2 is 1.62 bits per heavy atom. The van der Waals surface area contributed by atoms with Gasteiger partial charge in [0, 0.05) is 11.4 Å². The first-order valence-electron chi connectivity index (χ1n) is 8.10. The van der Waals surface area contributed by atoms with Crippen molar-refractivity contribution in [1.29, 1.82) is 5.26 Å². The predicted octanol–water partition coefficient (Wildman–Crippen LogP) is 4.40. The Bertz CT molecular complexity index is 916. The average molecular weight is 343 g/mol. The number of benzene rings is 3. The Morgan fingerprint density at radius 3 is 2.35 bits per heavy atom. The molecule has 5 nitrogen and oxygen atoms in total.